The third-order valence-electron chi connectivity index (χ3n) is 3.64. The topological polar surface area (TPSA) is 49.4 Å². The van der Waals surface area contributed by atoms with Crippen LogP contribution < -0.4 is 5.32 Å². The van der Waals surface area contributed by atoms with Gasteiger partial charge in [0.05, 0.1) is 11.7 Å². The van der Waals surface area contributed by atoms with Gasteiger partial charge in [-0.05, 0) is 31.0 Å². The Labute approximate surface area is 132 Å². The predicted octanol–water partition coefficient (Wildman–Crippen LogP) is 2.04. The second-order valence-electron chi connectivity index (χ2n) is 5.16. The van der Waals surface area contributed by atoms with Gasteiger partial charge in [0.1, 0.15) is 0 Å². The molecule has 1 aromatic carbocycles. The highest BCUT2D eigenvalue weighted by molar-refractivity contribution is 8.00. The highest BCUT2D eigenvalue weighted by Crippen LogP contribution is 2.22. The number of hydrogen-bond acceptors (Lipinski definition) is 3. The molecule has 1 aliphatic rings. The molecule has 1 heterocycles. The summed E-state index contributed by atoms with van der Waals surface area (Å²) < 4.78 is 26.0. The van der Waals surface area contributed by atoms with E-state index in [1.807, 2.05) is 0 Å². The average Bonchev–Trinajstić information content (AvgIpc) is 2.55. The molecule has 1 atom stereocenters. The largest absolute Gasteiger partial charge is 0.359 e. The molecule has 2 rings (SSSR count). The van der Waals surface area contributed by atoms with Crippen LogP contribution in [0.5, 0.6) is 0 Å². The molecular weight excluding hydrogens is 310 g/mol. The van der Waals surface area contributed by atoms with E-state index in [9.17, 15) is 18.4 Å². The van der Waals surface area contributed by atoms with E-state index in [1.54, 1.807) is 11.9 Å². The fourth-order valence-electron chi connectivity index (χ4n) is 2.42. The molecule has 2 amide bonds. The minimum Gasteiger partial charge on any atom is -0.359 e. The van der Waals surface area contributed by atoms with Crippen LogP contribution in [-0.2, 0) is 9.59 Å². The number of nitrogens with one attached hydrogen (secondary N) is 1. The van der Waals surface area contributed by atoms with Gasteiger partial charge >= 0.3 is 0 Å². The molecule has 1 N–H and O–H groups in total. The van der Waals surface area contributed by atoms with Gasteiger partial charge < -0.3 is 10.2 Å². The Hall–Kier alpha value is -1.63. The van der Waals surface area contributed by atoms with Gasteiger partial charge in [-0.1, -0.05) is 0 Å². The molecule has 0 radical (unpaired) electrons. The zero-order valence-corrected chi connectivity index (χ0v) is 13.1. The second-order valence-corrected chi connectivity index (χ2v) is 6.21. The van der Waals surface area contributed by atoms with E-state index in [2.05, 4.69) is 5.32 Å². The van der Waals surface area contributed by atoms with E-state index < -0.39 is 11.6 Å². The molecule has 7 heteroatoms. The number of carbonyl (C=O) groups excluding carboxylic acids is 2. The Morgan fingerprint density at radius 2 is 2.14 bits per heavy atom. The molecule has 1 fully saturated rings. The van der Waals surface area contributed by atoms with Gasteiger partial charge in [-0.25, -0.2) is 8.78 Å². The summed E-state index contributed by atoms with van der Waals surface area (Å²) in [5.41, 5.74) is 0. The Kier molecular flexibility index (Phi) is 5.76. The number of benzene rings is 1. The zero-order valence-electron chi connectivity index (χ0n) is 12.3. The number of rotatable bonds is 4. The van der Waals surface area contributed by atoms with Crippen molar-refractivity contribution in [3.05, 3.63) is 29.8 Å². The first kappa shape index (κ1) is 16.7. The van der Waals surface area contributed by atoms with E-state index in [4.69, 9.17) is 0 Å². The first-order valence-electron chi connectivity index (χ1n) is 7.08. The second kappa shape index (κ2) is 7.58. The van der Waals surface area contributed by atoms with Crippen LogP contribution in [0.25, 0.3) is 0 Å². The lowest BCUT2D eigenvalue weighted by atomic mass is 9.97. The van der Waals surface area contributed by atoms with Crippen molar-refractivity contribution in [2.45, 2.75) is 17.7 Å². The molecule has 0 aromatic heterocycles. The molecule has 0 bridgehead atoms. The summed E-state index contributed by atoms with van der Waals surface area (Å²) in [6, 6.07) is 3.57. The molecule has 0 unspecified atom stereocenters. The number of halogens is 2. The van der Waals surface area contributed by atoms with Crippen molar-refractivity contribution in [1.82, 2.24) is 10.2 Å². The van der Waals surface area contributed by atoms with Gasteiger partial charge in [0.2, 0.25) is 11.8 Å². The zero-order chi connectivity index (χ0) is 16.1. The minimum atomic E-state index is -0.921. The van der Waals surface area contributed by atoms with Gasteiger partial charge in [-0.3, -0.25) is 9.59 Å². The van der Waals surface area contributed by atoms with Crippen molar-refractivity contribution >= 4 is 23.6 Å². The SMILES string of the molecule is CNC(=O)[C@@H]1CCCN(C(=O)CSc2ccc(F)c(F)c2)C1. The van der Waals surface area contributed by atoms with Crippen molar-refractivity contribution in [1.29, 1.82) is 0 Å². The van der Waals surface area contributed by atoms with Crippen LogP contribution in [0.2, 0.25) is 0 Å². The van der Waals surface area contributed by atoms with E-state index in [0.29, 0.717) is 18.0 Å². The summed E-state index contributed by atoms with van der Waals surface area (Å²) >= 11 is 1.16. The van der Waals surface area contributed by atoms with Crippen molar-refractivity contribution in [2.24, 2.45) is 5.92 Å². The lowest BCUT2D eigenvalue weighted by molar-refractivity contribution is -0.133. The fourth-order valence-corrected chi connectivity index (χ4v) is 3.25. The van der Waals surface area contributed by atoms with Crippen molar-refractivity contribution in [3.63, 3.8) is 0 Å². The van der Waals surface area contributed by atoms with Crippen LogP contribution >= 0.6 is 11.8 Å². The summed E-state index contributed by atoms with van der Waals surface area (Å²) in [7, 11) is 1.59. The summed E-state index contributed by atoms with van der Waals surface area (Å²) in [6.45, 7) is 1.04. The lowest BCUT2D eigenvalue weighted by Gasteiger charge is -2.31. The van der Waals surface area contributed by atoms with Crippen LogP contribution in [0, 0.1) is 17.6 Å². The summed E-state index contributed by atoms with van der Waals surface area (Å²) in [5, 5.41) is 2.60. The first-order valence-corrected chi connectivity index (χ1v) is 8.07. The van der Waals surface area contributed by atoms with Crippen molar-refractivity contribution in [2.75, 3.05) is 25.9 Å². The van der Waals surface area contributed by atoms with E-state index in [-0.39, 0.29) is 23.5 Å². The van der Waals surface area contributed by atoms with Crippen LogP contribution in [-0.4, -0.2) is 42.6 Å². The predicted molar refractivity (Wildman–Crippen MR) is 80.5 cm³/mol. The average molecular weight is 328 g/mol. The van der Waals surface area contributed by atoms with Crippen LogP contribution in [0.4, 0.5) is 8.78 Å². The summed E-state index contributed by atoms with van der Waals surface area (Å²) in [6.07, 6.45) is 1.57. The third kappa shape index (κ3) is 4.19. The maximum atomic E-state index is 13.1. The maximum Gasteiger partial charge on any atom is 0.232 e. The Bertz CT molecular complexity index is 568. The Morgan fingerprint density at radius 1 is 1.36 bits per heavy atom. The molecule has 120 valence electrons. The van der Waals surface area contributed by atoms with Gasteiger partial charge in [0.25, 0.3) is 0 Å². The number of nitrogens with zero attached hydrogens (tertiary/aromatic N) is 1. The normalized spacial score (nSPS) is 18.1. The Balaban J connectivity index is 1.88. The van der Waals surface area contributed by atoms with Crippen LogP contribution in [0.15, 0.2) is 23.1 Å². The molecule has 1 aromatic rings. The smallest absolute Gasteiger partial charge is 0.232 e. The number of piperidine rings is 1. The van der Waals surface area contributed by atoms with Crippen molar-refractivity contribution < 1.29 is 18.4 Å². The van der Waals surface area contributed by atoms with Gasteiger partial charge in [0, 0.05) is 25.0 Å². The minimum absolute atomic E-state index is 0.0502. The number of hydrogen-bond donors (Lipinski definition) is 1. The molecular formula is C15H18F2N2O2S. The van der Waals surface area contributed by atoms with E-state index >= 15 is 0 Å². The molecule has 0 spiro atoms. The van der Waals surface area contributed by atoms with Crippen molar-refractivity contribution in [3.8, 4) is 0 Å². The highest BCUT2D eigenvalue weighted by atomic mass is 32.2. The number of carbonyl (C=O) groups is 2. The van der Waals surface area contributed by atoms with E-state index in [0.717, 1.165) is 36.7 Å². The first-order chi connectivity index (χ1) is 10.5. The number of likely N-dealkylation sites (tertiary alicyclic amines) is 1. The highest BCUT2D eigenvalue weighted by Gasteiger charge is 2.27. The number of amides is 2. The van der Waals surface area contributed by atoms with Crippen LogP contribution in [0.3, 0.4) is 0 Å². The number of thioether (sulfide) groups is 1. The van der Waals surface area contributed by atoms with Crippen LogP contribution in [0.1, 0.15) is 12.8 Å². The van der Waals surface area contributed by atoms with Gasteiger partial charge in [0.15, 0.2) is 11.6 Å². The fraction of sp³-hybridized carbons (Fsp3) is 0.467. The lowest BCUT2D eigenvalue weighted by Crippen LogP contribution is -2.45. The molecule has 0 aliphatic carbocycles. The molecule has 1 aliphatic heterocycles. The summed E-state index contributed by atoms with van der Waals surface area (Å²) in [4.78, 5) is 26.0. The maximum absolute atomic E-state index is 13.1. The standard InChI is InChI=1S/C15H18F2N2O2S/c1-18-15(21)10-3-2-6-19(8-10)14(20)9-22-11-4-5-12(16)13(17)7-11/h4-5,7,10H,2-3,6,8-9H2,1H3,(H,18,21)/t10-/m1/s1. The summed E-state index contributed by atoms with van der Waals surface area (Å²) in [5.74, 6) is -1.99. The Morgan fingerprint density at radius 3 is 2.82 bits per heavy atom. The van der Waals surface area contributed by atoms with Gasteiger partial charge in [-0.2, -0.15) is 0 Å². The molecule has 0 saturated carbocycles. The molecule has 22 heavy (non-hydrogen) atoms. The van der Waals surface area contributed by atoms with Gasteiger partial charge in [-0.15, -0.1) is 11.8 Å². The monoisotopic (exact) mass is 328 g/mol. The third-order valence-corrected chi connectivity index (χ3v) is 4.62. The molecule has 4 nitrogen and oxygen atoms in total. The van der Waals surface area contributed by atoms with E-state index in [1.165, 1.54) is 6.07 Å². The quantitative estimate of drug-likeness (QED) is 0.861. The molecule has 1 saturated heterocycles.